The van der Waals surface area contributed by atoms with Crippen LogP contribution in [0.2, 0.25) is 0 Å². The molecule has 0 saturated heterocycles. The zero-order valence-electron chi connectivity index (χ0n) is 27.0. The van der Waals surface area contributed by atoms with Gasteiger partial charge in [0.15, 0.2) is 17.5 Å². The molecule has 2 aliphatic rings. The molecule has 234 valence electrons. The summed E-state index contributed by atoms with van der Waals surface area (Å²) >= 11 is 0. The van der Waals surface area contributed by atoms with E-state index in [0.29, 0.717) is 17.5 Å². The van der Waals surface area contributed by atoms with Crippen molar-refractivity contribution in [3.05, 3.63) is 180 Å². The van der Waals surface area contributed by atoms with Crippen LogP contribution in [-0.2, 0) is 0 Å². The monoisotopic (exact) mass is 631 g/mol. The molecule has 0 spiro atoms. The van der Waals surface area contributed by atoms with Gasteiger partial charge >= 0.3 is 0 Å². The Morgan fingerprint density at radius 2 is 1.20 bits per heavy atom. The summed E-state index contributed by atoms with van der Waals surface area (Å²) in [5.74, 6) is 2.02. The zero-order chi connectivity index (χ0) is 32.6. The van der Waals surface area contributed by atoms with E-state index in [9.17, 15) is 0 Å². The summed E-state index contributed by atoms with van der Waals surface area (Å²) in [5, 5.41) is 2.06. The Hall–Kier alpha value is -6.13. The Kier molecular flexibility index (Phi) is 7.39. The lowest BCUT2D eigenvalue weighted by Gasteiger charge is -2.24. The van der Waals surface area contributed by atoms with E-state index in [-0.39, 0.29) is 5.92 Å². The van der Waals surface area contributed by atoms with Crippen LogP contribution in [0.3, 0.4) is 0 Å². The van der Waals surface area contributed by atoms with Crippen LogP contribution in [0.4, 0.5) is 0 Å². The molecule has 9 rings (SSSR count). The topological polar surface area (TPSA) is 51.8 Å². The lowest BCUT2D eigenvalue weighted by molar-refractivity contribution is 0.667. The number of para-hydroxylation sites is 1. The fourth-order valence-corrected chi connectivity index (χ4v) is 7.08. The van der Waals surface area contributed by atoms with Gasteiger partial charge in [-0.15, -0.1) is 0 Å². The minimum atomic E-state index is 0.117. The average Bonchev–Trinajstić information content (AvgIpc) is 3.57. The summed E-state index contributed by atoms with van der Waals surface area (Å²) in [6, 6.07) is 43.8. The number of benzene rings is 5. The Morgan fingerprint density at radius 1 is 0.571 bits per heavy atom. The molecule has 2 aliphatic carbocycles. The molecule has 4 nitrogen and oxygen atoms in total. The maximum atomic E-state index is 6.60. The number of allylic oxidation sites excluding steroid dienone is 8. The number of nitrogens with zero attached hydrogens (tertiary/aromatic N) is 3. The number of fused-ring (bicyclic) bond motifs is 3. The molecule has 0 amide bonds. The molecule has 1 atom stereocenters. The number of hydrogen-bond donors (Lipinski definition) is 0. The van der Waals surface area contributed by atoms with Crippen molar-refractivity contribution in [2.75, 3.05) is 0 Å². The Bertz CT molecular complexity index is 2390. The van der Waals surface area contributed by atoms with Gasteiger partial charge in [0, 0.05) is 33.4 Å². The van der Waals surface area contributed by atoms with E-state index >= 15 is 0 Å². The molecule has 7 aromatic rings. The van der Waals surface area contributed by atoms with Gasteiger partial charge in [-0.25, -0.2) is 15.0 Å². The molecule has 0 radical (unpaired) electrons. The molecule has 0 N–H and O–H groups in total. The standard InChI is InChI=1S/C45H33N3O/c1-5-15-30(16-6-1)34-25-35(31-17-7-2-8-18-31)27-36(26-34)37-28-39(42-38-23-13-14-24-40(38)49-41(42)29-37)45-47-43(32-19-9-3-10-20-32)46-44(48-45)33-21-11-4-12-22-33/h1,3-7,9-25,27-29,36H,2,8,26H2. The summed E-state index contributed by atoms with van der Waals surface area (Å²) in [6.45, 7) is 0. The minimum Gasteiger partial charge on any atom is -0.456 e. The van der Waals surface area contributed by atoms with E-state index in [1.807, 2.05) is 72.8 Å². The van der Waals surface area contributed by atoms with Crippen molar-refractivity contribution in [2.24, 2.45) is 0 Å². The van der Waals surface area contributed by atoms with E-state index < -0.39 is 0 Å². The second kappa shape index (κ2) is 12.5. The first-order valence-electron chi connectivity index (χ1n) is 16.9. The van der Waals surface area contributed by atoms with Crippen LogP contribution in [0.15, 0.2) is 173 Å². The lowest BCUT2D eigenvalue weighted by atomic mass is 9.80. The van der Waals surface area contributed by atoms with Gasteiger partial charge in [0.25, 0.3) is 0 Å². The van der Waals surface area contributed by atoms with Crippen molar-refractivity contribution in [1.82, 2.24) is 15.0 Å². The van der Waals surface area contributed by atoms with Crippen molar-refractivity contribution in [2.45, 2.75) is 25.2 Å². The zero-order valence-corrected chi connectivity index (χ0v) is 27.0. The third-order valence-electron chi connectivity index (χ3n) is 9.49. The van der Waals surface area contributed by atoms with Gasteiger partial charge in [0.2, 0.25) is 0 Å². The molecular weight excluding hydrogens is 599 g/mol. The average molecular weight is 632 g/mol. The molecule has 0 fully saturated rings. The summed E-state index contributed by atoms with van der Waals surface area (Å²) in [4.78, 5) is 15.3. The number of furan rings is 1. The first kappa shape index (κ1) is 29.0. The van der Waals surface area contributed by atoms with Crippen molar-refractivity contribution in [1.29, 1.82) is 0 Å². The van der Waals surface area contributed by atoms with Crippen molar-refractivity contribution >= 4 is 27.5 Å². The third kappa shape index (κ3) is 5.62. The normalized spacial score (nSPS) is 16.0. The maximum absolute atomic E-state index is 6.60. The largest absolute Gasteiger partial charge is 0.456 e. The van der Waals surface area contributed by atoms with Crippen LogP contribution in [0.25, 0.3) is 61.7 Å². The smallest absolute Gasteiger partial charge is 0.164 e. The SMILES string of the molecule is C1=CC(C2=CC(c3cc(-c4nc(-c5ccccc5)nc(-c5ccccc5)n4)c4c(c3)oc3ccccc34)CC(c3ccccc3)=C2)=CCC1. The maximum Gasteiger partial charge on any atom is 0.164 e. The molecule has 1 unspecified atom stereocenters. The summed E-state index contributed by atoms with van der Waals surface area (Å²) in [5.41, 5.74) is 10.8. The van der Waals surface area contributed by atoms with Crippen LogP contribution in [0, 0.1) is 0 Å². The van der Waals surface area contributed by atoms with Crippen LogP contribution in [0.1, 0.15) is 36.3 Å². The van der Waals surface area contributed by atoms with Crippen LogP contribution in [-0.4, -0.2) is 15.0 Å². The van der Waals surface area contributed by atoms with Gasteiger partial charge in [0.05, 0.1) is 0 Å². The second-order valence-corrected chi connectivity index (χ2v) is 12.7. The van der Waals surface area contributed by atoms with Crippen molar-refractivity contribution in [3.63, 3.8) is 0 Å². The highest BCUT2D eigenvalue weighted by atomic mass is 16.3. The highest BCUT2D eigenvalue weighted by Gasteiger charge is 2.24. The van der Waals surface area contributed by atoms with Gasteiger partial charge < -0.3 is 4.42 Å². The van der Waals surface area contributed by atoms with Crippen LogP contribution in [0.5, 0.6) is 0 Å². The van der Waals surface area contributed by atoms with E-state index in [4.69, 9.17) is 19.4 Å². The number of rotatable bonds is 6. The molecule has 2 aromatic heterocycles. The fraction of sp³-hybridized carbons (Fsp3) is 0.0889. The third-order valence-corrected chi connectivity index (χ3v) is 9.49. The summed E-state index contributed by atoms with van der Waals surface area (Å²) in [6.07, 6.45) is 14.7. The minimum absolute atomic E-state index is 0.117. The second-order valence-electron chi connectivity index (χ2n) is 12.7. The highest BCUT2D eigenvalue weighted by molar-refractivity contribution is 6.12. The van der Waals surface area contributed by atoms with Gasteiger partial charge in [-0.1, -0.05) is 140 Å². The van der Waals surface area contributed by atoms with Crippen LogP contribution >= 0.6 is 0 Å². The summed E-state index contributed by atoms with van der Waals surface area (Å²) in [7, 11) is 0. The van der Waals surface area contributed by atoms with Gasteiger partial charge in [-0.2, -0.15) is 0 Å². The molecule has 0 bridgehead atoms. The lowest BCUT2D eigenvalue weighted by Crippen LogP contribution is -2.06. The first-order valence-corrected chi connectivity index (χ1v) is 16.9. The molecule has 0 saturated carbocycles. The Morgan fingerprint density at radius 3 is 1.88 bits per heavy atom. The quantitative estimate of drug-likeness (QED) is 0.183. The fourth-order valence-electron chi connectivity index (χ4n) is 7.08. The number of aromatic nitrogens is 3. The molecule has 2 heterocycles. The van der Waals surface area contributed by atoms with Crippen molar-refractivity contribution < 1.29 is 4.42 Å². The number of hydrogen-bond acceptors (Lipinski definition) is 4. The van der Waals surface area contributed by atoms with E-state index in [0.717, 1.165) is 57.9 Å². The molecule has 0 aliphatic heterocycles. The molecule has 5 aromatic carbocycles. The predicted molar refractivity (Wildman–Crippen MR) is 200 cm³/mol. The predicted octanol–water partition coefficient (Wildman–Crippen LogP) is 11.5. The molecular formula is C45H33N3O. The van der Waals surface area contributed by atoms with Crippen LogP contribution < -0.4 is 0 Å². The molecule has 49 heavy (non-hydrogen) atoms. The Balaban J connectivity index is 1.27. The van der Waals surface area contributed by atoms with Crippen molar-refractivity contribution in [3.8, 4) is 34.2 Å². The Labute approximate surface area is 285 Å². The van der Waals surface area contributed by atoms with Gasteiger partial charge in [-0.3, -0.25) is 0 Å². The highest BCUT2D eigenvalue weighted by Crippen LogP contribution is 2.43. The molecule has 4 heteroatoms. The van der Waals surface area contributed by atoms with E-state index in [2.05, 4.69) is 85.0 Å². The first-order chi connectivity index (χ1) is 24.3. The van der Waals surface area contributed by atoms with E-state index in [1.54, 1.807) is 0 Å². The van der Waals surface area contributed by atoms with Gasteiger partial charge in [0.1, 0.15) is 11.2 Å². The van der Waals surface area contributed by atoms with E-state index in [1.165, 1.54) is 27.8 Å². The summed E-state index contributed by atoms with van der Waals surface area (Å²) < 4.78 is 6.60. The van der Waals surface area contributed by atoms with Gasteiger partial charge in [-0.05, 0) is 65.3 Å².